The van der Waals surface area contributed by atoms with Crippen molar-refractivity contribution in [3.63, 3.8) is 0 Å². The number of rotatable bonds is 3. The van der Waals surface area contributed by atoms with Crippen LogP contribution in [0.2, 0.25) is 5.02 Å². The number of aromatic nitrogens is 1. The third-order valence-corrected chi connectivity index (χ3v) is 2.22. The molecule has 0 radical (unpaired) electrons. The number of aryl methyl sites for hydroxylation is 1. The maximum Gasteiger partial charge on any atom is 0.232 e. The van der Waals surface area contributed by atoms with E-state index in [4.69, 9.17) is 20.8 Å². The normalized spacial score (nSPS) is 10.3. The Balaban J connectivity index is 2.05. The molecule has 3 nitrogen and oxygen atoms in total. The van der Waals surface area contributed by atoms with Crippen LogP contribution in [0.1, 0.15) is 11.5 Å². The molecule has 0 bridgehead atoms. The van der Waals surface area contributed by atoms with Crippen molar-refractivity contribution in [3.8, 4) is 5.75 Å². The molecular weight excluding hydrogens is 214 g/mol. The quantitative estimate of drug-likeness (QED) is 0.802. The molecule has 1 aromatic carbocycles. The number of nitrogens with zero attached hydrogens (tertiary/aromatic N) is 1. The van der Waals surface area contributed by atoms with Gasteiger partial charge in [-0.2, -0.15) is 0 Å². The van der Waals surface area contributed by atoms with E-state index in [1.807, 2.05) is 25.1 Å². The molecule has 0 amide bonds. The Labute approximate surface area is 92.6 Å². The monoisotopic (exact) mass is 223 g/mol. The van der Waals surface area contributed by atoms with Crippen molar-refractivity contribution in [2.45, 2.75) is 13.5 Å². The van der Waals surface area contributed by atoms with Crippen molar-refractivity contribution in [2.75, 3.05) is 0 Å². The van der Waals surface area contributed by atoms with Crippen molar-refractivity contribution in [1.82, 2.24) is 4.98 Å². The molecule has 1 heterocycles. The summed E-state index contributed by atoms with van der Waals surface area (Å²) in [5.41, 5.74) is 1.10. The van der Waals surface area contributed by atoms with Crippen molar-refractivity contribution in [3.05, 3.63) is 47.1 Å². The van der Waals surface area contributed by atoms with E-state index in [9.17, 15) is 0 Å². The van der Waals surface area contributed by atoms with Crippen LogP contribution in [0, 0.1) is 6.92 Å². The van der Waals surface area contributed by atoms with E-state index in [0.717, 1.165) is 5.56 Å². The highest BCUT2D eigenvalue weighted by Crippen LogP contribution is 2.25. The van der Waals surface area contributed by atoms with Gasteiger partial charge in [0.05, 0.1) is 11.2 Å². The van der Waals surface area contributed by atoms with Gasteiger partial charge < -0.3 is 9.15 Å². The van der Waals surface area contributed by atoms with Crippen molar-refractivity contribution >= 4 is 11.6 Å². The highest BCUT2D eigenvalue weighted by molar-refractivity contribution is 6.32. The Morgan fingerprint density at radius 3 is 3.00 bits per heavy atom. The van der Waals surface area contributed by atoms with Crippen LogP contribution in [-0.2, 0) is 6.61 Å². The topological polar surface area (TPSA) is 35.3 Å². The minimum atomic E-state index is 0.287. The standard InChI is InChI=1S/C11H10ClNO2/c1-8-2-3-10(9(12)6-8)15-7-11-13-4-5-14-11/h2-6H,7H2,1H3. The van der Waals surface area contributed by atoms with E-state index in [2.05, 4.69) is 4.98 Å². The summed E-state index contributed by atoms with van der Waals surface area (Å²) in [6.07, 6.45) is 3.09. The van der Waals surface area contributed by atoms with Crippen LogP contribution in [0.3, 0.4) is 0 Å². The summed E-state index contributed by atoms with van der Waals surface area (Å²) in [5, 5.41) is 0.599. The maximum absolute atomic E-state index is 5.99. The van der Waals surface area contributed by atoms with Crippen LogP contribution in [0.4, 0.5) is 0 Å². The van der Waals surface area contributed by atoms with Crippen molar-refractivity contribution < 1.29 is 9.15 Å². The second-order valence-corrected chi connectivity index (χ2v) is 3.56. The Bertz CT molecular complexity index is 440. The van der Waals surface area contributed by atoms with Crippen LogP contribution < -0.4 is 4.74 Å². The molecule has 0 unspecified atom stereocenters. The fourth-order valence-electron chi connectivity index (χ4n) is 1.19. The van der Waals surface area contributed by atoms with E-state index >= 15 is 0 Å². The molecule has 1 aromatic heterocycles. The second-order valence-electron chi connectivity index (χ2n) is 3.15. The molecule has 0 aliphatic rings. The lowest BCUT2D eigenvalue weighted by Gasteiger charge is -2.06. The summed E-state index contributed by atoms with van der Waals surface area (Å²) < 4.78 is 10.5. The number of ether oxygens (including phenoxy) is 1. The second kappa shape index (κ2) is 4.36. The predicted molar refractivity (Wildman–Crippen MR) is 57.0 cm³/mol. The molecule has 0 saturated carbocycles. The molecule has 2 rings (SSSR count). The summed E-state index contributed by atoms with van der Waals surface area (Å²) in [7, 11) is 0. The number of hydrogen-bond acceptors (Lipinski definition) is 3. The average Bonchev–Trinajstić information content (AvgIpc) is 2.69. The fraction of sp³-hybridized carbons (Fsp3) is 0.182. The van der Waals surface area contributed by atoms with E-state index in [0.29, 0.717) is 16.7 Å². The first-order valence-electron chi connectivity index (χ1n) is 4.53. The lowest BCUT2D eigenvalue weighted by atomic mass is 10.2. The van der Waals surface area contributed by atoms with Crippen LogP contribution in [0.15, 0.2) is 35.1 Å². The third-order valence-electron chi connectivity index (χ3n) is 1.92. The molecule has 0 spiro atoms. The van der Waals surface area contributed by atoms with Gasteiger partial charge in [0, 0.05) is 0 Å². The van der Waals surface area contributed by atoms with Crippen molar-refractivity contribution in [2.24, 2.45) is 0 Å². The molecule has 0 aliphatic heterocycles. The lowest BCUT2D eigenvalue weighted by molar-refractivity contribution is 0.263. The fourth-order valence-corrected chi connectivity index (χ4v) is 1.48. The van der Waals surface area contributed by atoms with Gasteiger partial charge in [0.1, 0.15) is 12.0 Å². The molecule has 4 heteroatoms. The minimum Gasteiger partial charge on any atom is -0.482 e. The molecule has 0 fully saturated rings. The smallest absolute Gasteiger partial charge is 0.232 e. The Hall–Kier alpha value is -1.48. The van der Waals surface area contributed by atoms with Gasteiger partial charge in [-0.15, -0.1) is 0 Å². The van der Waals surface area contributed by atoms with Gasteiger partial charge in [0.15, 0.2) is 6.61 Å². The average molecular weight is 224 g/mol. The number of benzene rings is 1. The number of oxazole rings is 1. The highest BCUT2D eigenvalue weighted by Gasteiger charge is 2.03. The minimum absolute atomic E-state index is 0.287. The van der Waals surface area contributed by atoms with Crippen molar-refractivity contribution in [1.29, 1.82) is 0 Å². The Kier molecular flexibility index (Phi) is 2.92. The zero-order chi connectivity index (χ0) is 10.7. The highest BCUT2D eigenvalue weighted by atomic mass is 35.5. The summed E-state index contributed by atoms with van der Waals surface area (Å²) in [6, 6.07) is 5.63. The van der Waals surface area contributed by atoms with Gasteiger partial charge in [-0.05, 0) is 24.6 Å². The van der Waals surface area contributed by atoms with Gasteiger partial charge in [0.2, 0.25) is 5.89 Å². The summed E-state index contributed by atoms with van der Waals surface area (Å²) in [6.45, 7) is 2.26. The molecule has 15 heavy (non-hydrogen) atoms. The van der Waals surface area contributed by atoms with E-state index in [1.54, 1.807) is 6.20 Å². The molecule has 0 saturated heterocycles. The molecule has 78 valence electrons. The molecular formula is C11H10ClNO2. The third kappa shape index (κ3) is 2.50. The lowest BCUT2D eigenvalue weighted by Crippen LogP contribution is -1.96. The number of halogens is 1. The zero-order valence-corrected chi connectivity index (χ0v) is 8.99. The zero-order valence-electron chi connectivity index (χ0n) is 8.24. The first-order chi connectivity index (χ1) is 7.25. The van der Waals surface area contributed by atoms with Crippen LogP contribution in [0.25, 0.3) is 0 Å². The van der Waals surface area contributed by atoms with Gasteiger partial charge in [-0.1, -0.05) is 17.7 Å². The summed E-state index contributed by atoms with van der Waals surface area (Å²) in [5.74, 6) is 1.17. The number of hydrogen-bond donors (Lipinski definition) is 0. The molecule has 0 N–H and O–H groups in total. The molecule has 0 aliphatic carbocycles. The summed E-state index contributed by atoms with van der Waals surface area (Å²) >= 11 is 5.99. The SMILES string of the molecule is Cc1ccc(OCc2ncco2)c(Cl)c1. The van der Waals surface area contributed by atoms with Crippen LogP contribution >= 0.6 is 11.6 Å². The molecule has 2 aromatic rings. The predicted octanol–water partition coefficient (Wildman–Crippen LogP) is 3.22. The first kappa shape index (κ1) is 10.1. The Morgan fingerprint density at radius 2 is 2.33 bits per heavy atom. The summed E-state index contributed by atoms with van der Waals surface area (Å²) in [4.78, 5) is 3.94. The van der Waals surface area contributed by atoms with E-state index < -0.39 is 0 Å². The van der Waals surface area contributed by atoms with Gasteiger partial charge >= 0.3 is 0 Å². The molecule has 0 atom stereocenters. The Morgan fingerprint density at radius 1 is 1.47 bits per heavy atom. The van der Waals surface area contributed by atoms with Gasteiger partial charge in [-0.25, -0.2) is 4.98 Å². The van der Waals surface area contributed by atoms with Gasteiger partial charge in [0.25, 0.3) is 0 Å². The first-order valence-corrected chi connectivity index (χ1v) is 4.91. The van der Waals surface area contributed by atoms with Gasteiger partial charge in [-0.3, -0.25) is 0 Å². The van der Waals surface area contributed by atoms with E-state index in [1.165, 1.54) is 6.26 Å². The maximum atomic E-state index is 5.99. The van der Waals surface area contributed by atoms with Crippen LogP contribution in [-0.4, -0.2) is 4.98 Å². The largest absolute Gasteiger partial charge is 0.482 e. The van der Waals surface area contributed by atoms with Crippen LogP contribution in [0.5, 0.6) is 5.75 Å². The van der Waals surface area contributed by atoms with E-state index in [-0.39, 0.29) is 6.61 Å².